The minimum Gasteiger partial charge on any atom is -0.287 e. The van der Waals surface area contributed by atoms with Gasteiger partial charge in [0.05, 0.1) is 15.6 Å². The first kappa shape index (κ1) is 14.0. The zero-order valence-corrected chi connectivity index (χ0v) is 12.7. The molecule has 0 atom stereocenters. The number of nitrogens with zero attached hydrogens (tertiary/aromatic N) is 2. The van der Waals surface area contributed by atoms with Gasteiger partial charge in [-0.1, -0.05) is 12.1 Å². The van der Waals surface area contributed by atoms with E-state index in [-0.39, 0.29) is 10.7 Å². The highest BCUT2D eigenvalue weighted by Crippen LogP contribution is 2.20. The van der Waals surface area contributed by atoms with Crippen LogP contribution >= 0.6 is 15.9 Å². The maximum atomic E-state index is 12.3. The van der Waals surface area contributed by atoms with Crippen molar-refractivity contribution in [2.24, 2.45) is 7.05 Å². The van der Waals surface area contributed by atoms with Gasteiger partial charge in [-0.25, -0.2) is 8.42 Å². The van der Waals surface area contributed by atoms with Gasteiger partial charge in [0.25, 0.3) is 0 Å². The summed E-state index contributed by atoms with van der Waals surface area (Å²) in [6, 6.07) is 5.96. The van der Waals surface area contributed by atoms with E-state index in [0.717, 1.165) is 6.26 Å². The van der Waals surface area contributed by atoms with Crippen LogP contribution in [-0.2, 0) is 16.9 Å². The fourth-order valence-corrected chi connectivity index (χ4v) is 2.87. The van der Waals surface area contributed by atoms with Gasteiger partial charge in [-0.15, -0.1) is 0 Å². The summed E-state index contributed by atoms with van der Waals surface area (Å²) < 4.78 is 25.0. The third-order valence-electron chi connectivity index (χ3n) is 2.63. The summed E-state index contributed by atoms with van der Waals surface area (Å²) in [7, 11) is -1.68. The molecule has 0 bridgehead atoms. The highest BCUT2D eigenvalue weighted by atomic mass is 79.9. The van der Waals surface area contributed by atoms with Crippen LogP contribution in [0.15, 0.2) is 39.8 Å². The first-order chi connectivity index (χ1) is 8.80. The van der Waals surface area contributed by atoms with Gasteiger partial charge in [0.1, 0.15) is 5.69 Å². The summed E-state index contributed by atoms with van der Waals surface area (Å²) in [5, 5.41) is 3.96. The van der Waals surface area contributed by atoms with Crippen molar-refractivity contribution in [3.05, 3.63) is 46.2 Å². The highest BCUT2D eigenvalue weighted by Gasteiger charge is 2.18. The maximum absolute atomic E-state index is 12.3. The van der Waals surface area contributed by atoms with Crippen molar-refractivity contribution in [1.29, 1.82) is 0 Å². The van der Waals surface area contributed by atoms with Crippen molar-refractivity contribution >= 4 is 31.6 Å². The summed E-state index contributed by atoms with van der Waals surface area (Å²) in [4.78, 5) is 12.5. The van der Waals surface area contributed by atoms with Gasteiger partial charge >= 0.3 is 0 Å². The van der Waals surface area contributed by atoms with E-state index in [2.05, 4.69) is 21.0 Å². The summed E-state index contributed by atoms with van der Waals surface area (Å²) in [5.74, 6) is -0.280. The molecule has 0 saturated carbocycles. The van der Waals surface area contributed by atoms with E-state index in [1.165, 1.54) is 23.0 Å². The van der Waals surface area contributed by atoms with Crippen molar-refractivity contribution in [2.45, 2.75) is 4.90 Å². The van der Waals surface area contributed by atoms with Gasteiger partial charge in [-0.3, -0.25) is 9.48 Å². The van der Waals surface area contributed by atoms with E-state index in [0.29, 0.717) is 15.7 Å². The molecule has 1 heterocycles. The number of carbonyl (C=O) groups excluding carboxylic acids is 1. The largest absolute Gasteiger partial charge is 0.287 e. The predicted octanol–water partition coefficient (Wildman–Crippen LogP) is 1.82. The molecule has 1 aromatic heterocycles. The number of rotatable bonds is 3. The van der Waals surface area contributed by atoms with Gasteiger partial charge < -0.3 is 0 Å². The van der Waals surface area contributed by atoms with Crippen molar-refractivity contribution < 1.29 is 13.2 Å². The number of hydrogen-bond acceptors (Lipinski definition) is 4. The Hall–Kier alpha value is -1.47. The first-order valence-electron chi connectivity index (χ1n) is 5.33. The number of hydrogen-bond donors (Lipinski definition) is 0. The fraction of sp³-hybridized carbons (Fsp3) is 0.167. The second-order valence-corrected chi connectivity index (χ2v) is 6.96. The Balaban J connectivity index is 2.52. The normalized spacial score (nSPS) is 11.5. The lowest BCUT2D eigenvalue weighted by Crippen LogP contribution is -2.10. The molecule has 0 aliphatic carbocycles. The lowest BCUT2D eigenvalue weighted by atomic mass is 10.1. The molecule has 0 saturated heterocycles. The molecule has 0 aliphatic rings. The Kier molecular flexibility index (Phi) is 3.60. The molecular formula is C12H11BrN2O3S. The maximum Gasteiger partial charge on any atom is 0.212 e. The number of sulfone groups is 1. The van der Waals surface area contributed by atoms with Gasteiger partial charge in [-0.2, -0.15) is 5.10 Å². The van der Waals surface area contributed by atoms with E-state index in [9.17, 15) is 13.2 Å². The van der Waals surface area contributed by atoms with Crippen LogP contribution in [0.4, 0.5) is 0 Å². The quantitative estimate of drug-likeness (QED) is 0.797. The number of ketones is 1. The molecule has 2 rings (SSSR count). The van der Waals surface area contributed by atoms with Crippen LogP contribution in [0.5, 0.6) is 0 Å². The van der Waals surface area contributed by atoms with Crippen LogP contribution in [0.25, 0.3) is 0 Å². The third-order valence-corrected chi connectivity index (χ3v) is 4.32. The van der Waals surface area contributed by atoms with Crippen LogP contribution in [0.3, 0.4) is 0 Å². The number of benzene rings is 1. The van der Waals surface area contributed by atoms with E-state index < -0.39 is 9.84 Å². The number of aromatic nitrogens is 2. The standard InChI is InChI=1S/C12H11BrN2O3S/c1-15-11(10(13)7-14-15)12(16)8-4-3-5-9(6-8)19(2,17)18/h3-7H,1-2H3. The van der Waals surface area contributed by atoms with Crippen LogP contribution in [0.2, 0.25) is 0 Å². The number of carbonyl (C=O) groups is 1. The summed E-state index contributed by atoms with van der Waals surface area (Å²) in [6.07, 6.45) is 2.63. The van der Waals surface area contributed by atoms with Crippen molar-refractivity contribution in [2.75, 3.05) is 6.26 Å². The first-order valence-corrected chi connectivity index (χ1v) is 8.01. The fourth-order valence-electron chi connectivity index (χ4n) is 1.67. The van der Waals surface area contributed by atoms with E-state index in [1.807, 2.05) is 0 Å². The summed E-state index contributed by atoms with van der Waals surface area (Å²) in [6.45, 7) is 0. The van der Waals surface area contributed by atoms with Crippen molar-refractivity contribution in [3.63, 3.8) is 0 Å². The predicted molar refractivity (Wildman–Crippen MR) is 73.9 cm³/mol. The molecule has 0 N–H and O–H groups in total. The van der Waals surface area contributed by atoms with E-state index in [4.69, 9.17) is 0 Å². The minimum absolute atomic E-state index is 0.122. The number of halogens is 1. The molecule has 100 valence electrons. The Morgan fingerprint density at radius 2 is 2.05 bits per heavy atom. The smallest absolute Gasteiger partial charge is 0.212 e. The van der Waals surface area contributed by atoms with Crippen molar-refractivity contribution in [1.82, 2.24) is 9.78 Å². The molecular weight excluding hydrogens is 332 g/mol. The zero-order chi connectivity index (χ0) is 14.2. The van der Waals surface area contributed by atoms with E-state index in [1.54, 1.807) is 19.2 Å². The summed E-state index contributed by atoms with van der Waals surface area (Å²) in [5.41, 5.74) is 0.692. The van der Waals surface area contributed by atoms with Crippen LogP contribution in [-0.4, -0.2) is 30.2 Å². The molecule has 7 heteroatoms. The lowest BCUT2D eigenvalue weighted by molar-refractivity contribution is 0.102. The molecule has 0 aliphatic heterocycles. The van der Waals surface area contributed by atoms with Gasteiger partial charge in [0.15, 0.2) is 9.84 Å². The molecule has 0 radical (unpaired) electrons. The minimum atomic E-state index is -3.33. The summed E-state index contributed by atoms with van der Waals surface area (Å²) >= 11 is 3.25. The third kappa shape index (κ3) is 2.76. The highest BCUT2D eigenvalue weighted by molar-refractivity contribution is 9.10. The van der Waals surface area contributed by atoms with Crippen LogP contribution < -0.4 is 0 Å². The Labute approximate surface area is 119 Å². The lowest BCUT2D eigenvalue weighted by Gasteiger charge is -2.04. The molecule has 0 fully saturated rings. The van der Waals surface area contributed by atoms with Crippen LogP contribution in [0.1, 0.15) is 16.1 Å². The molecule has 5 nitrogen and oxygen atoms in total. The molecule has 1 aromatic carbocycles. The Morgan fingerprint density at radius 1 is 1.37 bits per heavy atom. The van der Waals surface area contributed by atoms with Crippen LogP contribution in [0, 0.1) is 0 Å². The van der Waals surface area contributed by atoms with Gasteiger partial charge in [0.2, 0.25) is 5.78 Å². The SMILES string of the molecule is Cn1ncc(Br)c1C(=O)c1cccc(S(C)(=O)=O)c1. The van der Waals surface area contributed by atoms with E-state index >= 15 is 0 Å². The van der Waals surface area contributed by atoms with Gasteiger partial charge in [-0.05, 0) is 28.1 Å². The average molecular weight is 343 g/mol. The second kappa shape index (κ2) is 4.90. The Bertz CT molecular complexity index is 731. The topological polar surface area (TPSA) is 69.0 Å². The zero-order valence-electron chi connectivity index (χ0n) is 10.3. The average Bonchev–Trinajstić information content (AvgIpc) is 2.67. The molecule has 19 heavy (non-hydrogen) atoms. The number of aryl methyl sites for hydroxylation is 1. The molecule has 0 spiro atoms. The molecule has 2 aromatic rings. The molecule has 0 unspecified atom stereocenters. The molecule has 0 amide bonds. The monoisotopic (exact) mass is 342 g/mol. The van der Waals surface area contributed by atoms with Gasteiger partial charge in [0, 0.05) is 18.9 Å². The second-order valence-electron chi connectivity index (χ2n) is 4.09. The van der Waals surface area contributed by atoms with Crippen molar-refractivity contribution in [3.8, 4) is 0 Å². The Morgan fingerprint density at radius 3 is 2.58 bits per heavy atom.